The maximum atomic E-state index is 12.2. The molecule has 148 valence electrons. The van der Waals surface area contributed by atoms with Crippen molar-refractivity contribution in [3.05, 3.63) is 29.8 Å². The van der Waals surface area contributed by atoms with Gasteiger partial charge < -0.3 is 15.2 Å². The van der Waals surface area contributed by atoms with Gasteiger partial charge in [-0.25, -0.2) is 0 Å². The second kappa shape index (κ2) is 8.30. The number of fused-ring (bicyclic) bond motifs is 1. The lowest BCUT2D eigenvalue weighted by Gasteiger charge is -2.23. The van der Waals surface area contributed by atoms with Gasteiger partial charge in [-0.2, -0.15) is 0 Å². The van der Waals surface area contributed by atoms with Crippen LogP contribution in [0.5, 0.6) is 5.75 Å². The molecule has 1 saturated carbocycles. The molecule has 2 fully saturated rings. The molecule has 1 aliphatic carbocycles. The van der Waals surface area contributed by atoms with Crippen molar-refractivity contribution in [3.63, 3.8) is 0 Å². The van der Waals surface area contributed by atoms with Crippen LogP contribution >= 0.6 is 0 Å². The van der Waals surface area contributed by atoms with Crippen molar-refractivity contribution >= 4 is 11.9 Å². The molecule has 0 unspecified atom stereocenters. The summed E-state index contributed by atoms with van der Waals surface area (Å²) in [6.45, 7) is 6.60. The van der Waals surface area contributed by atoms with E-state index in [4.69, 9.17) is 4.74 Å². The van der Waals surface area contributed by atoms with Gasteiger partial charge >= 0.3 is 5.97 Å². The molecule has 1 saturated heterocycles. The quantitative estimate of drug-likeness (QED) is 0.684. The zero-order valence-electron chi connectivity index (χ0n) is 16.2. The number of rotatable bonds is 8. The highest BCUT2D eigenvalue weighted by molar-refractivity contribution is 5.79. The van der Waals surface area contributed by atoms with Crippen LogP contribution in [0.15, 0.2) is 24.3 Å². The van der Waals surface area contributed by atoms with Crippen LogP contribution in [-0.4, -0.2) is 54.7 Å². The number of nitrogens with zero attached hydrogens (tertiary/aromatic N) is 1. The van der Waals surface area contributed by atoms with Crippen molar-refractivity contribution in [1.29, 1.82) is 0 Å². The number of carbonyl (C=O) groups is 2. The van der Waals surface area contributed by atoms with E-state index in [1.54, 1.807) is 0 Å². The third-order valence-electron chi connectivity index (χ3n) is 5.97. The third kappa shape index (κ3) is 4.43. The number of hydrogen-bond acceptors (Lipinski definition) is 4. The molecule has 1 heterocycles. The molecule has 1 aromatic carbocycles. The van der Waals surface area contributed by atoms with E-state index in [1.165, 1.54) is 5.56 Å². The topological polar surface area (TPSA) is 78.9 Å². The molecule has 0 radical (unpaired) electrons. The first kappa shape index (κ1) is 19.7. The number of ether oxygens (including phenoxy) is 1. The van der Waals surface area contributed by atoms with Gasteiger partial charge in [-0.15, -0.1) is 0 Å². The number of aliphatic carboxylic acids is 1. The summed E-state index contributed by atoms with van der Waals surface area (Å²) in [4.78, 5) is 25.8. The molecular weight excluding hydrogens is 344 g/mol. The molecule has 0 spiro atoms. The normalized spacial score (nSPS) is 24.8. The summed E-state index contributed by atoms with van der Waals surface area (Å²) in [7, 11) is 0. The molecule has 6 nitrogen and oxygen atoms in total. The summed E-state index contributed by atoms with van der Waals surface area (Å²) in [5, 5.41) is 12.5. The van der Waals surface area contributed by atoms with E-state index in [0.717, 1.165) is 25.0 Å². The van der Waals surface area contributed by atoms with Crippen LogP contribution < -0.4 is 10.1 Å². The van der Waals surface area contributed by atoms with Crippen LogP contribution in [0.25, 0.3) is 0 Å². The van der Waals surface area contributed by atoms with E-state index < -0.39 is 11.4 Å². The molecule has 1 amide bonds. The summed E-state index contributed by atoms with van der Waals surface area (Å²) in [5.74, 6) is 0.687. The Balaban J connectivity index is 1.37. The zero-order chi connectivity index (χ0) is 19.4. The monoisotopic (exact) mass is 374 g/mol. The van der Waals surface area contributed by atoms with E-state index in [0.29, 0.717) is 32.2 Å². The number of likely N-dealkylation sites (tertiary alicyclic amines) is 1. The SMILES string of the molecule is CC(C)c1ccc(OCCNC(=O)CN2C[C@@H]3CCC[C@@]3(C(=O)O)C2)cc1. The molecule has 2 N–H and O–H groups in total. The van der Waals surface area contributed by atoms with Crippen LogP contribution in [0, 0.1) is 11.3 Å². The summed E-state index contributed by atoms with van der Waals surface area (Å²) in [6, 6.07) is 8.01. The van der Waals surface area contributed by atoms with Gasteiger partial charge in [0.25, 0.3) is 0 Å². The van der Waals surface area contributed by atoms with Crippen LogP contribution in [-0.2, 0) is 9.59 Å². The Morgan fingerprint density at radius 3 is 2.70 bits per heavy atom. The smallest absolute Gasteiger partial charge is 0.311 e. The van der Waals surface area contributed by atoms with E-state index in [1.807, 2.05) is 17.0 Å². The number of carboxylic acid groups (broad SMARTS) is 1. The minimum Gasteiger partial charge on any atom is -0.492 e. The van der Waals surface area contributed by atoms with Crippen molar-refractivity contribution in [2.24, 2.45) is 11.3 Å². The van der Waals surface area contributed by atoms with Gasteiger partial charge in [0.2, 0.25) is 5.91 Å². The van der Waals surface area contributed by atoms with Gasteiger partial charge in [0.15, 0.2) is 0 Å². The molecule has 1 aromatic rings. The van der Waals surface area contributed by atoms with Gasteiger partial charge in [-0.05, 0) is 42.4 Å². The molecule has 1 aliphatic heterocycles. The molecule has 2 atom stereocenters. The first-order chi connectivity index (χ1) is 12.9. The fourth-order valence-corrected chi connectivity index (χ4v) is 4.43. The van der Waals surface area contributed by atoms with Crippen LogP contribution in [0.1, 0.15) is 44.6 Å². The van der Waals surface area contributed by atoms with Crippen LogP contribution in [0.3, 0.4) is 0 Å². The minimum absolute atomic E-state index is 0.0748. The molecular formula is C21H30N2O4. The lowest BCUT2D eigenvalue weighted by Crippen LogP contribution is -2.40. The average Bonchev–Trinajstić information content (AvgIpc) is 3.17. The molecule has 6 heteroatoms. The highest BCUT2D eigenvalue weighted by Crippen LogP contribution is 2.48. The average molecular weight is 374 g/mol. The lowest BCUT2D eigenvalue weighted by atomic mass is 9.81. The van der Waals surface area contributed by atoms with E-state index in [9.17, 15) is 14.7 Å². The Morgan fingerprint density at radius 1 is 1.33 bits per heavy atom. The van der Waals surface area contributed by atoms with Gasteiger partial charge in [0, 0.05) is 13.1 Å². The first-order valence-corrected chi connectivity index (χ1v) is 9.86. The maximum Gasteiger partial charge on any atom is 0.311 e. The number of carbonyl (C=O) groups excluding carboxylic acids is 1. The summed E-state index contributed by atoms with van der Waals surface area (Å²) in [6.07, 6.45) is 2.66. The Bertz CT molecular complexity index is 673. The van der Waals surface area contributed by atoms with Gasteiger partial charge in [0.1, 0.15) is 12.4 Å². The van der Waals surface area contributed by atoms with E-state index >= 15 is 0 Å². The summed E-state index contributed by atoms with van der Waals surface area (Å²) in [5.41, 5.74) is 0.635. The number of benzene rings is 1. The van der Waals surface area contributed by atoms with Crippen LogP contribution in [0.2, 0.25) is 0 Å². The third-order valence-corrected chi connectivity index (χ3v) is 5.97. The fourth-order valence-electron chi connectivity index (χ4n) is 4.43. The number of amides is 1. The predicted octanol–water partition coefficient (Wildman–Crippen LogP) is 2.49. The van der Waals surface area contributed by atoms with E-state index in [2.05, 4.69) is 31.3 Å². The van der Waals surface area contributed by atoms with Crippen molar-refractivity contribution in [2.75, 3.05) is 32.8 Å². The van der Waals surface area contributed by atoms with Crippen molar-refractivity contribution in [3.8, 4) is 5.75 Å². The second-order valence-corrected chi connectivity index (χ2v) is 8.14. The van der Waals surface area contributed by atoms with E-state index in [-0.39, 0.29) is 18.4 Å². The number of carboxylic acids is 1. The lowest BCUT2D eigenvalue weighted by molar-refractivity contribution is -0.149. The highest BCUT2D eigenvalue weighted by Gasteiger charge is 2.54. The molecule has 3 rings (SSSR count). The number of nitrogens with one attached hydrogen (secondary N) is 1. The largest absolute Gasteiger partial charge is 0.492 e. The standard InChI is InChI=1S/C21H30N2O4/c1-15(2)16-5-7-18(8-6-16)27-11-10-22-19(24)13-23-12-17-4-3-9-21(17,14-23)20(25)26/h5-8,15,17H,3-4,9-14H2,1-2H3,(H,22,24)(H,25,26)/t17-,21+/m0/s1. The van der Waals surface area contributed by atoms with Crippen molar-refractivity contribution in [2.45, 2.75) is 39.0 Å². The van der Waals surface area contributed by atoms with Crippen LogP contribution in [0.4, 0.5) is 0 Å². The Labute approximate surface area is 160 Å². The Hall–Kier alpha value is -2.08. The predicted molar refractivity (Wildman–Crippen MR) is 103 cm³/mol. The summed E-state index contributed by atoms with van der Waals surface area (Å²) < 4.78 is 5.66. The minimum atomic E-state index is -0.704. The summed E-state index contributed by atoms with van der Waals surface area (Å²) >= 11 is 0. The van der Waals surface area contributed by atoms with Gasteiger partial charge in [-0.1, -0.05) is 32.4 Å². The second-order valence-electron chi connectivity index (χ2n) is 8.14. The maximum absolute atomic E-state index is 12.2. The fraction of sp³-hybridized carbons (Fsp3) is 0.619. The molecule has 0 bridgehead atoms. The highest BCUT2D eigenvalue weighted by atomic mass is 16.5. The molecule has 27 heavy (non-hydrogen) atoms. The van der Waals surface area contributed by atoms with Gasteiger partial charge in [0.05, 0.1) is 18.5 Å². The molecule has 2 aliphatic rings. The van der Waals surface area contributed by atoms with Gasteiger partial charge in [-0.3, -0.25) is 14.5 Å². The first-order valence-electron chi connectivity index (χ1n) is 9.86. The zero-order valence-corrected chi connectivity index (χ0v) is 16.2. The number of hydrogen-bond donors (Lipinski definition) is 2. The van der Waals surface area contributed by atoms with Crippen molar-refractivity contribution < 1.29 is 19.4 Å². The van der Waals surface area contributed by atoms with Crippen molar-refractivity contribution in [1.82, 2.24) is 10.2 Å². The Kier molecular flexibility index (Phi) is 6.05. The molecule has 0 aromatic heterocycles. The Morgan fingerprint density at radius 2 is 2.07 bits per heavy atom.